The van der Waals surface area contributed by atoms with E-state index in [9.17, 15) is 18.0 Å². The summed E-state index contributed by atoms with van der Waals surface area (Å²) in [5, 5.41) is 3.09. The van der Waals surface area contributed by atoms with Crippen LogP contribution in [0.15, 0.2) is 24.7 Å². The molecular weight excluding hydrogens is 359 g/mol. The standard InChI is InChI=1S/C15H13ClF3N5O/c16-11-4-9-2-1-3-24(13(9)22-7-11)14(25)23-8-12-20-5-10(6-21-12)15(17,18)19/h4-7H,1-3,8H2,(H,23,25). The van der Waals surface area contributed by atoms with Crippen LogP contribution in [-0.2, 0) is 19.1 Å². The summed E-state index contributed by atoms with van der Waals surface area (Å²) in [6, 6.07) is 1.35. The van der Waals surface area contributed by atoms with Crippen molar-refractivity contribution in [2.45, 2.75) is 25.6 Å². The zero-order chi connectivity index (χ0) is 18.0. The predicted molar refractivity (Wildman–Crippen MR) is 84.2 cm³/mol. The molecule has 3 rings (SSSR count). The molecule has 0 spiro atoms. The second-order valence-corrected chi connectivity index (χ2v) is 5.87. The van der Waals surface area contributed by atoms with Gasteiger partial charge in [0.1, 0.15) is 11.6 Å². The van der Waals surface area contributed by atoms with Gasteiger partial charge in [0, 0.05) is 25.1 Å². The van der Waals surface area contributed by atoms with Crippen molar-refractivity contribution >= 4 is 23.4 Å². The minimum absolute atomic E-state index is 0.0858. The molecule has 0 unspecified atom stereocenters. The van der Waals surface area contributed by atoms with Crippen molar-refractivity contribution in [3.8, 4) is 0 Å². The second-order valence-electron chi connectivity index (χ2n) is 5.44. The number of anilines is 1. The van der Waals surface area contributed by atoms with E-state index >= 15 is 0 Å². The lowest BCUT2D eigenvalue weighted by Gasteiger charge is -2.28. The molecule has 6 nitrogen and oxygen atoms in total. The summed E-state index contributed by atoms with van der Waals surface area (Å²) in [6.45, 7) is 0.401. The molecule has 0 atom stereocenters. The van der Waals surface area contributed by atoms with E-state index in [1.807, 2.05) is 0 Å². The van der Waals surface area contributed by atoms with Gasteiger partial charge >= 0.3 is 12.2 Å². The van der Waals surface area contributed by atoms with Gasteiger partial charge in [-0.3, -0.25) is 4.90 Å². The van der Waals surface area contributed by atoms with Gasteiger partial charge in [0.2, 0.25) is 0 Å². The van der Waals surface area contributed by atoms with Crippen LogP contribution in [0, 0.1) is 0 Å². The normalized spacial score (nSPS) is 14.2. The van der Waals surface area contributed by atoms with E-state index in [4.69, 9.17) is 11.6 Å². The molecule has 0 aromatic carbocycles. The highest BCUT2D eigenvalue weighted by atomic mass is 35.5. The van der Waals surface area contributed by atoms with Crippen molar-refractivity contribution in [1.82, 2.24) is 20.3 Å². The third-order valence-electron chi connectivity index (χ3n) is 3.67. The number of pyridine rings is 1. The van der Waals surface area contributed by atoms with Crippen LogP contribution in [0.5, 0.6) is 0 Å². The Bertz CT molecular complexity index is 782. The fourth-order valence-corrected chi connectivity index (χ4v) is 2.66. The van der Waals surface area contributed by atoms with Crippen LogP contribution in [0.2, 0.25) is 5.02 Å². The van der Waals surface area contributed by atoms with Crippen LogP contribution in [0.25, 0.3) is 0 Å². The topological polar surface area (TPSA) is 71.0 Å². The summed E-state index contributed by atoms with van der Waals surface area (Å²) in [5.41, 5.74) is -0.0618. The SMILES string of the molecule is O=C(NCc1ncc(C(F)(F)F)cn1)N1CCCc2cc(Cl)cnc21. The van der Waals surface area contributed by atoms with Crippen LogP contribution < -0.4 is 10.2 Å². The highest BCUT2D eigenvalue weighted by molar-refractivity contribution is 6.30. The van der Waals surface area contributed by atoms with Gasteiger partial charge in [-0.25, -0.2) is 19.7 Å². The minimum Gasteiger partial charge on any atom is -0.330 e. The molecular formula is C15H13ClF3N5O. The van der Waals surface area contributed by atoms with E-state index in [0.717, 1.165) is 18.4 Å². The van der Waals surface area contributed by atoms with Crippen LogP contribution >= 0.6 is 11.6 Å². The summed E-state index contributed by atoms with van der Waals surface area (Å²) >= 11 is 5.91. The maximum Gasteiger partial charge on any atom is 0.419 e. The minimum atomic E-state index is -4.49. The predicted octanol–water partition coefficient (Wildman–Crippen LogP) is 3.21. The highest BCUT2D eigenvalue weighted by Gasteiger charge is 2.31. The van der Waals surface area contributed by atoms with Crippen LogP contribution in [0.3, 0.4) is 0 Å². The van der Waals surface area contributed by atoms with Crippen molar-refractivity contribution in [3.63, 3.8) is 0 Å². The lowest BCUT2D eigenvalue weighted by atomic mass is 10.1. The van der Waals surface area contributed by atoms with Crippen molar-refractivity contribution < 1.29 is 18.0 Å². The number of aryl methyl sites for hydroxylation is 1. The highest BCUT2D eigenvalue weighted by Crippen LogP contribution is 2.28. The molecule has 2 amide bonds. The first-order valence-electron chi connectivity index (χ1n) is 7.42. The molecule has 0 fully saturated rings. The molecule has 132 valence electrons. The van der Waals surface area contributed by atoms with Crippen LogP contribution in [0.1, 0.15) is 23.4 Å². The number of rotatable bonds is 2. The number of nitrogens with zero attached hydrogens (tertiary/aromatic N) is 4. The molecule has 2 aromatic heterocycles. The van der Waals surface area contributed by atoms with Gasteiger partial charge in [-0.05, 0) is 24.5 Å². The molecule has 0 saturated heterocycles. The van der Waals surface area contributed by atoms with Gasteiger partial charge in [-0.2, -0.15) is 13.2 Å². The third kappa shape index (κ3) is 3.98. The molecule has 3 heterocycles. The monoisotopic (exact) mass is 371 g/mol. The molecule has 0 aliphatic carbocycles. The van der Waals surface area contributed by atoms with E-state index in [-0.39, 0.29) is 12.4 Å². The number of nitrogens with one attached hydrogen (secondary N) is 1. The summed E-state index contributed by atoms with van der Waals surface area (Å²) in [5.74, 6) is 0.615. The Hall–Kier alpha value is -2.42. The van der Waals surface area contributed by atoms with Crippen molar-refractivity contribution in [2.75, 3.05) is 11.4 Å². The molecule has 25 heavy (non-hydrogen) atoms. The summed E-state index contributed by atoms with van der Waals surface area (Å²) in [6.07, 6.45) is -0.117. The molecule has 10 heteroatoms. The number of hydrogen-bond acceptors (Lipinski definition) is 4. The first-order valence-corrected chi connectivity index (χ1v) is 7.80. The largest absolute Gasteiger partial charge is 0.419 e. The Balaban J connectivity index is 1.66. The summed E-state index contributed by atoms with van der Waals surface area (Å²) in [7, 11) is 0. The van der Waals surface area contributed by atoms with Gasteiger partial charge in [-0.15, -0.1) is 0 Å². The van der Waals surface area contributed by atoms with Gasteiger partial charge in [0.25, 0.3) is 0 Å². The van der Waals surface area contributed by atoms with Gasteiger partial charge < -0.3 is 5.32 Å². The van der Waals surface area contributed by atoms with E-state index in [1.165, 1.54) is 11.1 Å². The number of urea groups is 1. The molecule has 0 bridgehead atoms. The first-order chi connectivity index (χ1) is 11.8. The maximum atomic E-state index is 12.5. The number of halogens is 4. The first kappa shape index (κ1) is 17.4. The van der Waals surface area contributed by atoms with E-state index in [2.05, 4.69) is 20.3 Å². The average Bonchev–Trinajstić information content (AvgIpc) is 2.58. The number of hydrogen-bond donors (Lipinski definition) is 1. The van der Waals surface area contributed by atoms with E-state index in [0.29, 0.717) is 29.8 Å². The Labute approximate surface area is 146 Å². The lowest BCUT2D eigenvalue weighted by molar-refractivity contribution is -0.138. The zero-order valence-electron chi connectivity index (χ0n) is 12.8. The second kappa shape index (κ2) is 6.83. The van der Waals surface area contributed by atoms with E-state index < -0.39 is 17.8 Å². The molecule has 0 radical (unpaired) electrons. The molecule has 1 N–H and O–H groups in total. The van der Waals surface area contributed by atoms with Crippen LogP contribution in [0.4, 0.5) is 23.8 Å². The molecule has 0 saturated carbocycles. The van der Waals surface area contributed by atoms with Gasteiger partial charge in [0.05, 0.1) is 17.1 Å². The Morgan fingerprint density at radius 3 is 2.64 bits per heavy atom. The number of fused-ring (bicyclic) bond motifs is 1. The zero-order valence-corrected chi connectivity index (χ0v) is 13.6. The van der Waals surface area contributed by atoms with Crippen molar-refractivity contribution in [1.29, 1.82) is 0 Å². The van der Waals surface area contributed by atoms with E-state index in [1.54, 1.807) is 6.07 Å². The number of amides is 2. The fourth-order valence-electron chi connectivity index (χ4n) is 2.47. The fraction of sp³-hybridized carbons (Fsp3) is 0.333. The smallest absolute Gasteiger partial charge is 0.330 e. The van der Waals surface area contributed by atoms with Gasteiger partial charge in [-0.1, -0.05) is 11.6 Å². The van der Waals surface area contributed by atoms with Crippen LogP contribution in [-0.4, -0.2) is 27.5 Å². The number of carbonyl (C=O) groups is 1. The Morgan fingerprint density at radius 2 is 1.96 bits per heavy atom. The maximum absolute atomic E-state index is 12.5. The molecule has 1 aliphatic rings. The number of carbonyl (C=O) groups excluding carboxylic acids is 1. The number of alkyl halides is 3. The van der Waals surface area contributed by atoms with Crippen molar-refractivity contribution in [2.24, 2.45) is 0 Å². The van der Waals surface area contributed by atoms with Crippen molar-refractivity contribution in [3.05, 3.63) is 46.6 Å². The third-order valence-corrected chi connectivity index (χ3v) is 3.88. The molecule has 1 aliphatic heterocycles. The number of aromatic nitrogens is 3. The van der Waals surface area contributed by atoms with Gasteiger partial charge in [0.15, 0.2) is 0 Å². The Kier molecular flexibility index (Phi) is 4.76. The quantitative estimate of drug-likeness (QED) is 0.880. The summed E-state index contributed by atoms with van der Waals surface area (Å²) < 4.78 is 37.4. The summed E-state index contributed by atoms with van der Waals surface area (Å²) in [4.78, 5) is 25.3. The Morgan fingerprint density at radius 1 is 1.24 bits per heavy atom. The molecule has 2 aromatic rings. The lowest BCUT2D eigenvalue weighted by Crippen LogP contribution is -2.43. The average molecular weight is 372 g/mol.